The van der Waals surface area contributed by atoms with E-state index in [1.54, 1.807) is 0 Å². The fourth-order valence-corrected chi connectivity index (χ4v) is 3.23. The summed E-state index contributed by atoms with van der Waals surface area (Å²) in [5, 5.41) is 9.07. The van der Waals surface area contributed by atoms with E-state index in [0.717, 1.165) is 0 Å². The molecule has 0 fully saturated rings. The van der Waals surface area contributed by atoms with E-state index >= 15 is 0 Å². The molecule has 8 heteroatoms. The summed E-state index contributed by atoms with van der Waals surface area (Å²) in [6, 6.07) is 2.67. The van der Waals surface area contributed by atoms with Gasteiger partial charge in [-0.3, -0.25) is 0 Å². The second-order valence-electron chi connectivity index (χ2n) is 3.51. The summed E-state index contributed by atoms with van der Waals surface area (Å²) >= 11 is 8.95. The molecule has 0 saturated heterocycles. The molecule has 1 aromatic carbocycles. The molecule has 1 rings (SSSR count). The summed E-state index contributed by atoms with van der Waals surface area (Å²) in [6.07, 6.45) is -0.777. The van der Waals surface area contributed by atoms with Crippen LogP contribution < -0.4 is 10.5 Å². The Morgan fingerprint density at radius 2 is 2.18 bits per heavy atom. The Morgan fingerprint density at radius 3 is 2.71 bits per heavy atom. The van der Waals surface area contributed by atoms with Gasteiger partial charge in [0.2, 0.25) is 10.0 Å². The Bertz CT molecular complexity index is 519. The highest BCUT2D eigenvalue weighted by atomic mass is 79.9. The number of benzene rings is 1. The van der Waals surface area contributed by atoms with Gasteiger partial charge in [-0.05, 0) is 35.0 Å². The van der Waals surface area contributed by atoms with Crippen molar-refractivity contribution >= 4 is 43.2 Å². The molecule has 0 amide bonds. The Hall–Kier alpha value is -0.340. The molecule has 0 aliphatic carbocycles. The van der Waals surface area contributed by atoms with Gasteiger partial charge >= 0.3 is 0 Å². The van der Waals surface area contributed by atoms with Crippen LogP contribution in [0, 0.1) is 0 Å². The minimum absolute atomic E-state index is 0.0313. The van der Waals surface area contributed by atoms with E-state index < -0.39 is 16.1 Å². The number of halogens is 2. The zero-order valence-corrected chi connectivity index (χ0v) is 12.1. The second kappa shape index (κ2) is 5.53. The average Bonchev–Trinajstić information content (AvgIpc) is 2.20. The van der Waals surface area contributed by atoms with Crippen molar-refractivity contribution in [1.82, 2.24) is 4.72 Å². The van der Waals surface area contributed by atoms with Crippen LogP contribution in [-0.4, -0.2) is 26.2 Å². The normalized spacial score (nSPS) is 13.6. The zero-order valence-electron chi connectivity index (χ0n) is 8.94. The highest BCUT2D eigenvalue weighted by Gasteiger charge is 2.19. The van der Waals surface area contributed by atoms with Gasteiger partial charge < -0.3 is 10.8 Å². The first-order valence-corrected chi connectivity index (χ1v) is 7.31. The van der Waals surface area contributed by atoms with E-state index in [-0.39, 0.29) is 16.5 Å². The summed E-state index contributed by atoms with van der Waals surface area (Å²) in [5.41, 5.74) is 5.92. The maximum atomic E-state index is 11.9. The van der Waals surface area contributed by atoms with Crippen LogP contribution in [-0.2, 0) is 10.0 Å². The number of hydrogen-bond donors (Lipinski definition) is 3. The van der Waals surface area contributed by atoms with E-state index in [1.807, 2.05) is 0 Å². The van der Waals surface area contributed by atoms with Crippen molar-refractivity contribution in [2.45, 2.75) is 17.9 Å². The molecule has 0 spiro atoms. The number of aliphatic hydroxyl groups excluding tert-OH is 1. The van der Waals surface area contributed by atoms with Gasteiger partial charge in [0.05, 0.1) is 11.1 Å². The molecule has 0 bridgehead atoms. The molecule has 0 radical (unpaired) electrons. The number of rotatable bonds is 4. The van der Waals surface area contributed by atoms with Crippen LogP contribution in [0.2, 0.25) is 5.02 Å². The summed E-state index contributed by atoms with van der Waals surface area (Å²) in [7, 11) is -3.75. The molecule has 17 heavy (non-hydrogen) atoms. The molecule has 96 valence electrons. The fourth-order valence-electron chi connectivity index (χ4n) is 1.06. The summed E-state index contributed by atoms with van der Waals surface area (Å²) in [6.45, 7) is 1.39. The van der Waals surface area contributed by atoms with Crippen LogP contribution in [0.15, 0.2) is 21.5 Å². The Labute approximate surface area is 113 Å². The molecule has 0 aliphatic heterocycles. The van der Waals surface area contributed by atoms with Crippen molar-refractivity contribution < 1.29 is 13.5 Å². The molecule has 5 nitrogen and oxygen atoms in total. The lowest BCUT2D eigenvalue weighted by molar-refractivity contribution is 0.198. The third-order valence-electron chi connectivity index (χ3n) is 1.91. The first kappa shape index (κ1) is 14.7. The molecule has 1 atom stereocenters. The van der Waals surface area contributed by atoms with Gasteiger partial charge in [0.15, 0.2) is 0 Å². The minimum Gasteiger partial charge on any atom is -0.398 e. The summed E-state index contributed by atoms with van der Waals surface area (Å²) in [5.74, 6) is 0. The first-order valence-electron chi connectivity index (χ1n) is 4.66. The Morgan fingerprint density at radius 1 is 1.59 bits per heavy atom. The van der Waals surface area contributed by atoms with Gasteiger partial charge in [0.25, 0.3) is 0 Å². The predicted octanol–water partition coefficient (Wildman–Crippen LogP) is 1.34. The number of sulfonamides is 1. The van der Waals surface area contributed by atoms with Crippen LogP contribution in [0.4, 0.5) is 5.69 Å². The van der Waals surface area contributed by atoms with Gasteiger partial charge in [-0.1, -0.05) is 11.6 Å². The zero-order chi connectivity index (χ0) is 13.2. The topological polar surface area (TPSA) is 92.4 Å². The molecule has 0 heterocycles. The fraction of sp³-hybridized carbons (Fsp3) is 0.333. The van der Waals surface area contributed by atoms with Crippen molar-refractivity contribution in [3.8, 4) is 0 Å². The SMILES string of the molecule is CC(O)CNS(=O)(=O)c1cc(Br)c(N)cc1Cl. The van der Waals surface area contributed by atoms with E-state index in [9.17, 15) is 8.42 Å². The highest BCUT2D eigenvalue weighted by molar-refractivity contribution is 9.10. The van der Waals surface area contributed by atoms with Crippen LogP contribution in [0.25, 0.3) is 0 Å². The lowest BCUT2D eigenvalue weighted by Crippen LogP contribution is -2.30. The summed E-state index contributed by atoms with van der Waals surface area (Å²) in [4.78, 5) is -0.0825. The van der Waals surface area contributed by atoms with Gasteiger partial charge in [0.1, 0.15) is 4.90 Å². The van der Waals surface area contributed by atoms with Crippen LogP contribution in [0.5, 0.6) is 0 Å². The molecule has 0 saturated carbocycles. The maximum absolute atomic E-state index is 11.9. The molecular formula is C9H12BrClN2O3S. The van der Waals surface area contributed by atoms with Crippen molar-refractivity contribution in [2.24, 2.45) is 0 Å². The number of aliphatic hydroxyl groups is 1. The van der Waals surface area contributed by atoms with Crippen LogP contribution in [0.3, 0.4) is 0 Å². The van der Waals surface area contributed by atoms with E-state index in [2.05, 4.69) is 20.7 Å². The Kier molecular flexibility index (Phi) is 4.79. The lowest BCUT2D eigenvalue weighted by Gasteiger charge is -2.11. The maximum Gasteiger partial charge on any atom is 0.242 e. The highest BCUT2D eigenvalue weighted by Crippen LogP contribution is 2.30. The quantitative estimate of drug-likeness (QED) is 0.719. The van der Waals surface area contributed by atoms with Gasteiger partial charge in [-0.2, -0.15) is 0 Å². The van der Waals surface area contributed by atoms with Gasteiger partial charge in [0, 0.05) is 16.7 Å². The number of nitrogens with one attached hydrogen (secondary N) is 1. The molecule has 0 aliphatic rings. The third kappa shape index (κ3) is 3.82. The van der Waals surface area contributed by atoms with Crippen molar-refractivity contribution in [3.05, 3.63) is 21.6 Å². The van der Waals surface area contributed by atoms with Crippen molar-refractivity contribution in [2.75, 3.05) is 12.3 Å². The molecule has 1 unspecified atom stereocenters. The van der Waals surface area contributed by atoms with Crippen LogP contribution in [0.1, 0.15) is 6.92 Å². The van der Waals surface area contributed by atoms with Gasteiger partial charge in [-0.15, -0.1) is 0 Å². The number of hydrogen-bond acceptors (Lipinski definition) is 4. The first-order chi connectivity index (χ1) is 7.74. The van der Waals surface area contributed by atoms with E-state index in [0.29, 0.717) is 10.2 Å². The molecule has 1 aromatic rings. The number of nitrogens with two attached hydrogens (primary N) is 1. The average molecular weight is 344 g/mol. The van der Waals surface area contributed by atoms with Crippen LogP contribution >= 0.6 is 27.5 Å². The molecule has 4 N–H and O–H groups in total. The van der Waals surface area contributed by atoms with Crippen molar-refractivity contribution in [3.63, 3.8) is 0 Å². The number of anilines is 1. The smallest absolute Gasteiger partial charge is 0.242 e. The number of nitrogen functional groups attached to an aromatic ring is 1. The van der Waals surface area contributed by atoms with E-state index in [1.165, 1.54) is 19.1 Å². The van der Waals surface area contributed by atoms with Crippen molar-refractivity contribution in [1.29, 1.82) is 0 Å². The predicted molar refractivity (Wildman–Crippen MR) is 70.4 cm³/mol. The second-order valence-corrected chi connectivity index (χ2v) is 6.50. The molecule has 0 aromatic heterocycles. The summed E-state index contributed by atoms with van der Waals surface area (Å²) < 4.78 is 26.4. The standard InChI is InChI=1S/C9H12BrClN2O3S/c1-5(14)4-13-17(15,16)9-2-6(10)8(12)3-7(9)11/h2-3,5,13-14H,4,12H2,1H3. The van der Waals surface area contributed by atoms with Gasteiger partial charge in [-0.25, -0.2) is 13.1 Å². The lowest BCUT2D eigenvalue weighted by atomic mass is 10.3. The monoisotopic (exact) mass is 342 g/mol. The largest absolute Gasteiger partial charge is 0.398 e. The molecular weight excluding hydrogens is 332 g/mol. The third-order valence-corrected chi connectivity index (χ3v) is 4.48. The Balaban J connectivity index is 3.11. The van der Waals surface area contributed by atoms with E-state index in [4.69, 9.17) is 22.4 Å². The minimum atomic E-state index is -3.75.